The van der Waals surface area contributed by atoms with Crippen LogP contribution >= 0.6 is 15.9 Å². The molecule has 20 heavy (non-hydrogen) atoms. The number of methoxy groups -OCH3 is 1. The van der Waals surface area contributed by atoms with Crippen molar-refractivity contribution in [3.05, 3.63) is 28.2 Å². The predicted octanol–water partition coefficient (Wildman–Crippen LogP) is 2.67. The Morgan fingerprint density at radius 1 is 1.45 bits per heavy atom. The van der Waals surface area contributed by atoms with Crippen LogP contribution in [-0.4, -0.2) is 43.6 Å². The lowest BCUT2D eigenvalue weighted by Gasteiger charge is -2.24. The highest BCUT2D eigenvalue weighted by Gasteiger charge is 2.19. The summed E-state index contributed by atoms with van der Waals surface area (Å²) < 4.78 is 6.11. The molecule has 5 heteroatoms. The van der Waals surface area contributed by atoms with Gasteiger partial charge in [-0.25, -0.2) is 0 Å². The zero-order chi connectivity index (χ0) is 14.5. The highest BCUT2D eigenvalue weighted by molar-refractivity contribution is 9.10. The summed E-state index contributed by atoms with van der Waals surface area (Å²) in [4.78, 5) is 14.7. The number of rotatable bonds is 5. The van der Waals surface area contributed by atoms with Gasteiger partial charge in [0.2, 0.25) is 0 Å². The van der Waals surface area contributed by atoms with E-state index in [2.05, 4.69) is 33.1 Å². The molecule has 1 aliphatic heterocycles. The average molecular weight is 341 g/mol. The first kappa shape index (κ1) is 15.3. The van der Waals surface area contributed by atoms with Crippen molar-refractivity contribution in [2.45, 2.75) is 25.8 Å². The molecule has 1 fully saturated rings. The van der Waals surface area contributed by atoms with Crippen LogP contribution in [0.5, 0.6) is 5.75 Å². The molecule has 0 aromatic heterocycles. The van der Waals surface area contributed by atoms with Crippen LogP contribution in [0, 0.1) is 0 Å². The summed E-state index contributed by atoms with van der Waals surface area (Å²) in [7, 11) is 1.58. The van der Waals surface area contributed by atoms with Gasteiger partial charge >= 0.3 is 0 Å². The molecule has 1 atom stereocenters. The average Bonchev–Trinajstić information content (AvgIpc) is 2.98. The van der Waals surface area contributed by atoms with Crippen molar-refractivity contribution in [2.24, 2.45) is 0 Å². The Bertz CT molecular complexity index is 473. The fraction of sp³-hybridized carbons (Fsp3) is 0.533. The number of benzene rings is 1. The van der Waals surface area contributed by atoms with Crippen LogP contribution in [0.15, 0.2) is 22.7 Å². The number of carbonyl (C=O) groups is 1. The van der Waals surface area contributed by atoms with E-state index < -0.39 is 0 Å². The first-order chi connectivity index (χ1) is 9.61. The molecule has 1 saturated heterocycles. The molecule has 110 valence electrons. The molecule has 1 aliphatic rings. The Hall–Kier alpha value is -1.07. The molecule has 1 amide bonds. The maximum Gasteiger partial charge on any atom is 0.255 e. The van der Waals surface area contributed by atoms with Crippen molar-refractivity contribution in [1.29, 1.82) is 0 Å². The smallest absolute Gasteiger partial charge is 0.255 e. The minimum Gasteiger partial charge on any atom is -0.496 e. The van der Waals surface area contributed by atoms with Crippen LogP contribution in [-0.2, 0) is 0 Å². The fourth-order valence-electron chi connectivity index (χ4n) is 2.50. The van der Waals surface area contributed by atoms with E-state index in [0.29, 0.717) is 23.9 Å². The van der Waals surface area contributed by atoms with E-state index in [9.17, 15) is 4.79 Å². The van der Waals surface area contributed by atoms with Crippen molar-refractivity contribution in [3.63, 3.8) is 0 Å². The highest BCUT2D eigenvalue weighted by Crippen LogP contribution is 2.22. The van der Waals surface area contributed by atoms with Crippen LogP contribution in [0.1, 0.15) is 30.1 Å². The van der Waals surface area contributed by atoms with Crippen LogP contribution in [0.2, 0.25) is 0 Å². The third-order valence-electron chi connectivity index (χ3n) is 3.73. The van der Waals surface area contributed by atoms with Gasteiger partial charge in [0.1, 0.15) is 5.75 Å². The zero-order valence-corrected chi connectivity index (χ0v) is 13.6. The molecule has 0 saturated carbocycles. The summed E-state index contributed by atoms with van der Waals surface area (Å²) in [6.45, 7) is 5.09. The third kappa shape index (κ3) is 3.73. The van der Waals surface area contributed by atoms with Crippen molar-refractivity contribution in [2.75, 3.05) is 26.7 Å². The van der Waals surface area contributed by atoms with E-state index in [1.165, 1.54) is 12.8 Å². The molecule has 4 nitrogen and oxygen atoms in total. The van der Waals surface area contributed by atoms with Crippen LogP contribution in [0.4, 0.5) is 0 Å². The van der Waals surface area contributed by atoms with E-state index in [0.717, 1.165) is 17.6 Å². The summed E-state index contributed by atoms with van der Waals surface area (Å²) in [5, 5.41) is 3.00. The molecule has 1 aromatic carbocycles. The second-order valence-electron chi connectivity index (χ2n) is 5.15. The molecule has 1 aromatic rings. The first-order valence-electron chi connectivity index (χ1n) is 6.97. The van der Waals surface area contributed by atoms with Crippen molar-refractivity contribution in [1.82, 2.24) is 10.2 Å². The predicted molar refractivity (Wildman–Crippen MR) is 83.3 cm³/mol. The number of halogens is 1. The quantitative estimate of drug-likeness (QED) is 0.895. The third-order valence-corrected chi connectivity index (χ3v) is 4.22. The van der Waals surface area contributed by atoms with Crippen molar-refractivity contribution < 1.29 is 9.53 Å². The molecular formula is C15H21BrN2O2. The van der Waals surface area contributed by atoms with Crippen molar-refractivity contribution >= 4 is 21.8 Å². The number of nitrogens with zero attached hydrogens (tertiary/aromatic N) is 1. The minimum absolute atomic E-state index is 0.0887. The summed E-state index contributed by atoms with van der Waals surface area (Å²) in [6, 6.07) is 5.82. The molecule has 1 unspecified atom stereocenters. The SMILES string of the molecule is COc1ccc(Br)cc1C(=O)NCC(C)N1CCCC1. The summed E-state index contributed by atoms with van der Waals surface area (Å²) in [6.07, 6.45) is 2.52. The standard InChI is InChI=1S/C15H21BrN2O2/c1-11(18-7-3-4-8-18)10-17-15(19)13-9-12(16)5-6-14(13)20-2/h5-6,9,11H,3-4,7-8,10H2,1-2H3,(H,17,19). The van der Waals surface area contributed by atoms with Crippen LogP contribution in [0.3, 0.4) is 0 Å². The van der Waals surface area contributed by atoms with Gasteiger partial charge in [-0.2, -0.15) is 0 Å². The second kappa shape index (κ2) is 7.09. The van der Waals surface area contributed by atoms with Gasteiger partial charge < -0.3 is 10.1 Å². The summed E-state index contributed by atoms with van der Waals surface area (Å²) >= 11 is 3.38. The molecule has 2 rings (SSSR count). The number of hydrogen-bond acceptors (Lipinski definition) is 3. The zero-order valence-electron chi connectivity index (χ0n) is 12.0. The van der Waals surface area contributed by atoms with Gasteiger partial charge in [0.05, 0.1) is 12.7 Å². The number of nitrogens with one attached hydrogen (secondary N) is 1. The molecular weight excluding hydrogens is 320 g/mol. The number of amides is 1. The van der Waals surface area contributed by atoms with Gasteiger partial charge in [0.25, 0.3) is 5.91 Å². The van der Waals surface area contributed by atoms with Gasteiger partial charge in [-0.1, -0.05) is 15.9 Å². The molecule has 0 radical (unpaired) electrons. The van der Waals surface area contributed by atoms with Gasteiger partial charge in [0.15, 0.2) is 0 Å². The maximum atomic E-state index is 12.3. The van der Waals surface area contributed by atoms with E-state index in [-0.39, 0.29) is 5.91 Å². The lowest BCUT2D eigenvalue weighted by molar-refractivity contribution is 0.0937. The largest absolute Gasteiger partial charge is 0.496 e. The molecule has 0 spiro atoms. The van der Waals surface area contributed by atoms with E-state index >= 15 is 0 Å². The first-order valence-corrected chi connectivity index (χ1v) is 7.77. The number of hydrogen-bond donors (Lipinski definition) is 1. The van der Waals surface area contributed by atoms with E-state index in [1.807, 2.05) is 6.07 Å². The van der Waals surface area contributed by atoms with Crippen LogP contribution < -0.4 is 10.1 Å². The van der Waals surface area contributed by atoms with E-state index in [4.69, 9.17) is 4.74 Å². The normalized spacial score (nSPS) is 16.9. The molecule has 1 N–H and O–H groups in total. The van der Waals surface area contributed by atoms with Gasteiger partial charge in [-0.3, -0.25) is 9.69 Å². The Morgan fingerprint density at radius 3 is 2.80 bits per heavy atom. The number of likely N-dealkylation sites (tertiary alicyclic amines) is 1. The van der Waals surface area contributed by atoms with E-state index in [1.54, 1.807) is 19.2 Å². The molecule has 0 aliphatic carbocycles. The number of ether oxygens (including phenoxy) is 1. The van der Waals surface area contributed by atoms with Crippen molar-refractivity contribution in [3.8, 4) is 5.75 Å². The van der Waals surface area contributed by atoms with Crippen LogP contribution in [0.25, 0.3) is 0 Å². The maximum absolute atomic E-state index is 12.3. The second-order valence-corrected chi connectivity index (χ2v) is 6.06. The Labute approximate surface area is 128 Å². The lowest BCUT2D eigenvalue weighted by Crippen LogP contribution is -2.40. The molecule has 0 bridgehead atoms. The summed E-state index contributed by atoms with van der Waals surface area (Å²) in [5.74, 6) is 0.508. The highest BCUT2D eigenvalue weighted by atomic mass is 79.9. The Morgan fingerprint density at radius 2 is 2.15 bits per heavy atom. The monoisotopic (exact) mass is 340 g/mol. The topological polar surface area (TPSA) is 41.6 Å². The minimum atomic E-state index is -0.0887. The molecule has 1 heterocycles. The Kier molecular flexibility index (Phi) is 5.43. The van der Waals surface area contributed by atoms with Gasteiger partial charge in [0, 0.05) is 17.1 Å². The van der Waals surface area contributed by atoms with Gasteiger partial charge in [-0.05, 0) is 51.1 Å². The fourth-order valence-corrected chi connectivity index (χ4v) is 2.87. The Balaban J connectivity index is 1.95. The van der Waals surface area contributed by atoms with Gasteiger partial charge in [-0.15, -0.1) is 0 Å². The lowest BCUT2D eigenvalue weighted by atomic mass is 10.2. The number of carbonyl (C=O) groups excluding carboxylic acids is 1. The summed E-state index contributed by atoms with van der Waals surface area (Å²) in [5.41, 5.74) is 0.565.